The number of pyridine rings is 2. The Hall–Kier alpha value is -3.99. The van der Waals surface area contributed by atoms with Crippen molar-refractivity contribution in [3.8, 4) is 11.8 Å². The molecule has 0 saturated carbocycles. The molecule has 0 spiro atoms. The standard InChI is InChI=1S/C30H32N6O/c1-3-24-20-25(10-11-27(24)22-35-17-15-34(4-2)16-18-35)30(37)33-29-19-23(12-13-31-29)8-9-26-21-32-36-14-6-5-7-28(26)36/h5-7,10-14,19-21H,3-4,15-18,22H2,1-2H3,(H,31,33,37). The number of carbonyl (C=O) groups excluding carboxylic acids is 1. The molecule has 37 heavy (non-hydrogen) atoms. The zero-order chi connectivity index (χ0) is 25.6. The number of fused-ring (bicyclic) bond motifs is 1. The summed E-state index contributed by atoms with van der Waals surface area (Å²) in [5.41, 5.74) is 5.73. The van der Waals surface area contributed by atoms with Gasteiger partial charge in [0, 0.05) is 56.2 Å². The van der Waals surface area contributed by atoms with E-state index < -0.39 is 0 Å². The van der Waals surface area contributed by atoms with Crippen molar-refractivity contribution in [1.82, 2.24) is 24.4 Å². The van der Waals surface area contributed by atoms with Crippen molar-refractivity contribution in [1.29, 1.82) is 0 Å². The van der Waals surface area contributed by atoms with Gasteiger partial charge in [-0.3, -0.25) is 9.69 Å². The number of nitrogens with one attached hydrogen (secondary N) is 1. The zero-order valence-corrected chi connectivity index (χ0v) is 21.4. The molecule has 1 N–H and O–H groups in total. The second-order valence-corrected chi connectivity index (χ2v) is 9.27. The number of carbonyl (C=O) groups is 1. The predicted molar refractivity (Wildman–Crippen MR) is 147 cm³/mol. The van der Waals surface area contributed by atoms with Gasteiger partial charge in [0.05, 0.1) is 17.3 Å². The van der Waals surface area contributed by atoms with Gasteiger partial charge in [-0.05, 0) is 60.5 Å². The summed E-state index contributed by atoms with van der Waals surface area (Å²) in [6.45, 7) is 10.8. The van der Waals surface area contributed by atoms with Gasteiger partial charge < -0.3 is 10.2 Å². The molecule has 3 aromatic heterocycles. The Bertz CT molecular complexity index is 1460. The molecule has 4 aromatic rings. The van der Waals surface area contributed by atoms with Crippen molar-refractivity contribution >= 4 is 17.2 Å². The van der Waals surface area contributed by atoms with Crippen LogP contribution in [-0.2, 0) is 13.0 Å². The van der Waals surface area contributed by atoms with Crippen molar-refractivity contribution in [3.05, 3.63) is 94.9 Å². The molecule has 0 unspecified atom stereocenters. The van der Waals surface area contributed by atoms with Crippen LogP contribution >= 0.6 is 0 Å². The smallest absolute Gasteiger partial charge is 0.256 e. The van der Waals surface area contributed by atoms with E-state index in [1.165, 1.54) is 11.1 Å². The van der Waals surface area contributed by atoms with Gasteiger partial charge in [0.25, 0.3) is 5.91 Å². The first-order valence-corrected chi connectivity index (χ1v) is 12.9. The molecule has 5 rings (SSSR count). The number of rotatable bonds is 6. The molecular weight excluding hydrogens is 460 g/mol. The Kier molecular flexibility index (Phi) is 7.59. The fraction of sp³-hybridized carbons (Fsp3) is 0.300. The highest BCUT2D eigenvalue weighted by atomic mass is 16.1. The molecule has 1 saturated heterocycles. The molecule has 1 aliphatic rings. The van der Waals surface area contributed by atoms with Crippen molar-refractivity contribution in [2.75, 3.05) is 38.0 Å². The molecule has 4 heterocycles. The Morgan fingerprint density at radius 2 is 1.81 bits per heavy atom. The molecule has 1 aromatic carbocycles. The van der Waals surface area contributed by atoms with Crippen LogP contribution in [0.5, 0.6) is 0 Å². The number of aromatic nitrogens is 3. The average molecular weight is 493 g/mol. The van der Waals surface area contributed by atoms with Crippen LogP contribution in [0.4, 0.5) is 5.82 Å². The van der Waals surface area contributed by atoms with Gasteiger partial charge in [0.1, 0.15) is 5.82 Å². The van der Waals surface area contributed by atoms with Crippen molar-refractivity contribution in [2.45, 2.75) is 26.8 Å². The van der Waals surface area contributed by atoms with Gasteiger partial charge in [-0.15, -0.1) is 0 Å². The van der Waals surface area contributed by atoms with E-state index in [-0.39, 0.29) is 5.91 Å². The summed E-state index contributed by atoms with van der Waals surface area (Å²) in [5.74, 6) is 6.65. The van der Waals surface area contributed by atoms with Crippen molar-refractivity contribution < 1.29 is 4.79 Å². The van der Waals surface area contributed by atoms with Gasteiger partial charge in [-0.25, -0.2) is 9.50 Å². The predicted octanol–water partition coefficient (Wildman–Crippen LogP) is 4.08. The van der Waals surface area contributed by atoms with E-state index in [9.17, 15) is 4.79 Å². The summed E-state index contributed by atoms with van der Waals surface area (Å²) in [4.78, 5) is 22.4. The van der Waals surface area contributed by atoms with E-state index in [2.05, 4.69) is 57.0 Å². The first-order chi connectivity index (χ1) is 18.1. The Balaban J connectivity index is 1.26. The Morgan fingerprint density at radius 3 is 2.62 bits per heavy atom. The lowest BCUT2D eigenvalue weighted by atomic mass is 10.0. The molecule has 1 aliphatic heterocycles. The van der Waals surface area contributed by atoms with Crippen LogP contribution < -0.4 is 5.32 Å². The fourth-order valence-corrected chi connectivity index (χ4v) is 4.69. The number of benzene rings is 1. The topological polar surface area (TPSA) is 65.8 Å². The minimum Gasteiger partial charge on any atom is -0.307 e. The number of hydrogen-bond donors (Lipinski definition) is 1. The monoisotopic (exact) mass is 492 g/mol. The minimum absolute atomic E-state index is 0.168. The molecule has 0 atom stereocenters. The summed E-state index contributed by atoms with van der Waals surface area (Å²) in [5, 5.41) is 7.26. The van der Waals surface area contributed by atoms with Gasteiger partial charge in [-0.2, -0.15) is 5.10 Å². The van der Waals surface area contributed by atoms with Crippen LogP contribution in [0.3, 0.4) is 0 Å². The number of amides is 1. The maximum atomic E-state index is 13.0. The largest absolute Gasteiger partial charge is 0.307 e. The third-order valence-corrected chi connectivity index (χ3v) is 6.92. The first kappa shape index (κ1) is 24.7. The van der Waals surface area contributed by atoms with Crippen molar-refractivity contribution in [3.63, 3.8) is 0 Å². The highest BCUT2D eigenvalue weighted by Gasteiger charge is 2.17. The second kappa shape index (κ2) is 11.4. The highest BCUT2D eigenvalue weighted by Crippen LogP contribution is 2.18. The van der Waals surface area contributed by atoms with Crippen LogP contribution in [-0.4, -0.2) is 63.0 Å². The maximum absolute atomic E-state index is 13.0. The number of aryl methyl sites for hydroxylation is 1. The summed E-state index contributed by atoms with van der Waals surface area (Å²) in [6, 6.07) is 15.5. The van der Waals surface area contributed by atoms with Gasteiger partial charge in [0.15, 0.2) is 0 Å². The van der Waals surface area contributed by atoms with Crippen LogP contribution in [0.15, 0.2) is 67.1 Å². The van der Waals surface area contributed by atoms with E-state index in [0.29, 0.717) is 11.4 Å². The van der Waals surface area contributed by atoms with Gasteiger partial charge in [-0.1, -0.05) is 37.8 Å². The third kappa shape index (κ3) is 5.88. The summed E-state index contributed by atoms with van der Waals surface area (Å²) >= 11 is 0. The molecule has 188 valence electrons. The highest BCUT2D eigenvalue weighted by molar-refractivity contribution is 6.04. The van der Waals surface area contributed by atoms with Crippen LogP contribution in [0.25, 0.3) is 5.52 Å². The van der Waals surface area contributed by atoms with Crippen molar-refractivity contribution in [2.24, 2.45) is 0 Å². The van der Waals surface area contributed by atoms with E-state index in [1.54, 1.807) is 23.0 Å². The lowest BCUT2D eigenvalue weighted by Crippen LogP contribution is -2.45. The Morgan fingerprint density at radius 1 is 0.973 bits per heavy atom. The number of nitrogens with zero attached hydrogens (tertiary/aromatic N) is 5. The normalized spacial score (nSPS) is 14.3. The first-order valence-electron chi connectivity index (χ1n) is 12.9. The fourth-order valence-electron chi connectivity index (χ4n) is 4.69. The lowest BCUT2D eigenvalue weighted by molar-refractivity contribution is 0.102. The number of anilines is 1. The quantitative estimate of drug-likeness (QED) is 0.411. The maximum Gasteiger partial charge on any atom is 0.256 e. The van der Waals surface area contributed by atoms with Crippen LogP contribution in [0, 0.1) is 11.8 Å². The zero-order valence-electron chi connectivity index (χ0n) is 21.4. The minimum atomic E-state index is -0.168. The van der Waals surface area contributed by atoms with E-state index >= 15 is 0 Å². The molecule has 0 radical (unpaired) electrons. The number of hydrogen-bond acceptors (Lipinski definition) is 5. The van der Waals surface area contributed by atoms with Gasteiger partial charge >= 0.3 is 0 Å². The second-order valence-electron chi connectivity index (χ2n) is 9.27. The SMILES string of the molecule is CCc1cc(C(=O)Nc2cc(C#Cc3cnn4ccccc34)ccn2)ccc1CN1CCN(CC)CC1. The van der Waals surface area contributed by atoms with E-state index in [4.69, 9.17) is 0 Å². The van der Waals surface area contributed by atoms with Crippen LogP contribution in [0.1, 0.15) is 46.5 Å². The molecule has 1 fully saturated rings. The number of likely N-dealkylation sites (N-methyl/N-ethyl adjacent to an activating group) is 1. The summed E-state index contributed by atoms with van der Waals surface area (Å²) < 4.78 is 1.80. The van der Waals surface area contributed by atoms with E-state index in [1.807, 2.05) is 42.6 Å². The van der Waals surface area contributed by atoms with Crippen LogP contribution in [0.2, 0.25) is 0 Å². The summed E-state index contributed by atoms with van der Waals surface area (Å²) in [6.07, 6.45) is 6.20. The molecule has 0 aliphatic carbocycles. The molecule has 7 heteroatoms. The summed E-state index contributed by atoms with van der Waals surface area (Å²) in [7, 11) is 0. The molecule has 1 amide bonds. The Labute approximate surface area is 218 Å². The number of piperazine rings is 1. The third-order valence-electron chi connectivity index (χ3n) is 6.92. The molecule has 0 bridgehead atoms. The average Bonchev–Trinajstić information content (AvgIpc) is 3.36. The lowest BCUT2D eigenvalue weighted by Gasteiger charge is -2.34. The molecule has 7 nitrogen and oxygen atoms in total. The van der Waals surface area contributed by atoms with E-state index in [0.717, 1.165) is 62.3 Å². The molecular formula is C30H32N6O. The van der Waals surface area contributed by atoms with Gasteiger partial charge in [0.2, 0.25) is 0 Å².